The van der Waals surface area contributed by atoms with Gasteiger partial charge in [-0.2, -0.15) is 17.4 Å². The van der Waals surface area contributed by atoms with Crippen molar-refractivity contribution in [1.29, 1.82) is 0 Å². The third-order valence-electron chi connectivity index (χ3n) is 3.98. The molecule has 0 aromatic heterocycles. The van der Waals surface area contributed by atoms with E-state index < -0.39 is 10.2 Å². The first-order valence-electron chi connectivity index (χ1n) is 7.07. The Morgan fingerprint density at radius 1 is 1.29 bits per heavy atom. The highest BCUT2D eigenvalue weighted by atomic mass is 35.5. The minimum atomic E-state index is -3.36. The molecule has 0 bridgehead atoms. The number of fused-ring (bicyclic) bond motifs is 1. The number of halogens is 1. The average molecular weight is 332 g/mol. The zero-order valence-corrected chi connectivity index (χ0v) is 13.8. The van der Waals surface area contributed by atoms with Gasteiger partial charge in [0, 0.05) is 33.2 Å². The molecule has 0 atom stereocenters. The van der Waals surface area contributed by atoms with Gasteiger partial charge in [0.2, 0.25) is 0 Å². The van der Waals surface area contributed by atoms with E-state index in [-0.39, 0.29) is 12.4 Å². The summed E-state index contributed by atoms with van der Waals surface area (Å²) in [5.41, 5.74) is 3.59. The van der Waals surface area contributed by atoms with Gasteiger partial charge in [0.05, 0.1) is 0 Å². The van der Waals surface area contributed by atoms with Crippen LogP contribution in [0.5, 0.6) is 0 Å². The van der Waals surface area contributed by atoms with Crippen molar-refractivity contribution in [1.82, 2.24) is 14.3 Å². The predicted molar refractivity (Wildman–Crippen MR) is 85.3 cm³/mol. The van der Waals surface area contributed by atoms with Gasteiger partial charge in [0.15, 0.2) is 0 Å². The second kappa shape index (κ2) is 6.62. The minimum Gasteiger partial charge on any atom is -0.309 e. The number of hydrogen-bond donors (Lipinski definition) is 2. The van der Waals surface area contributed by atoms with E-state index in [4.69, 9.17) is 0 Å². The maximum Gasteiger partial charge on any atom is 0.279 e. The van der Waals surface area contributed by atoms with Crippen LogP contribution in [-0.2, 0) is 29.8 Å². The van der Waals surface area contributed by atoms with Crippen LogP contribution in [0, 0.1) is 5.92 Å². The molecule has 2 N–H and O–H groups in total. The SMILES string of the molecule is CN(CC1CC1)S(=O)(=O)NCc1ccc2c(c1)CNC2.Cl. The zero-order chi connectivity index (χ0) is 14.2. The Labute approximate surface area is 132 Å². The monoisotopic (exact) mass is 331 g/mol. The van der Waals surface area contributed by atoms with Crippen molar-refractivity contribution in [2.45, 2.75) is 32.5 Å². The van der Waals surface area contributed by atoms with E-state index in [1.165, 1.54) is 15.4 Å². The summed E-state index contributed by atoms with van der Waals surface area (Å²) in [7, 11) is -1.71. The molecule has 0 radical (unpaired) electrons. The van der Waals surface area contributed by atoms with E-state index in [0.29, 0.717) is 19.0 Å². The van der Waals surface area contributed by atoms with Crippen molar-refractivity contribution in [2.24, 2.45) is 5.92 Å². The molecular formula is C14H22ClN3O2S. The first-order valence-corrected chi connectivity index (χ1v) is 8.51. The fourth-order valence-corrected chi connectivity index (χ4v) is 3.48. The number of benzene rings is 1. The van der Waals surface area contributed by atoms with Gasteiger partial charge in [0.1, 0.15) is 0 Å². The van der Waals surface area contributed by atoms with E-state index in [1.54, 1.807) is 7.05 Å². The minimum absolute atomic E-state index is 0. The molecule has 2 aliphatic rings. The van der Waals surface area contributed by atoms with E-state index >= 15 is 0 Å². The number of nitrogens with one attached hydrogen (secondary N) is 2. The van der Waals surface area contributed by atoms with Gasteiger partial charge in [-0.3, -0.25) is 0 Å². The maximum atomic E-state index is 12.1. The molecule has 21 heavy (non-hydrogen) atoms. The lowest BCUT2D eigenvalue weighted by Gasteiger charge is -2.17. The Hall–Kier alpha value is -0.660. The quantitative estimate of drug-likeness (QED) is 0.828. The molecule has 5 nitrogen and oxygen atoms in total. The van der Waals surface area contributed by atoms with Crippen LogP contribution in [0.1, 0.15) is 29.5 Å². The number of rotatable bonds is 6. The summed E-state index contributed by atoms with van der Waals surface area (Å²) in [5, 5.41) is 3.29. The molecule has 1 heterocycles. The molecule has 1 fully saturated rings. The molecule has 1 aliphatic heterocycles. The normalized spacial score (nSPS) is 17.6. The van der Waals surface area contributed by atoms with Crippen molar-refractivity contribution in [3.8, 4) is 0 Å². The molecule has 0 saturated heterocycles. The Balaban J connectivity index is 0.00000161. The van der Waals surface area contributed by atoms with Crippen molar-refractivity contribution >= 4 is 22.6 Å². The van der Waals surface area contributed by atoms with Gasteiger partial charge in [-0.05, 0) is 35.4 Å². The molecular weight excluding hydrogens is 310 g/mol. The van der Waals surface area contributed by atoms with Crippen molar-refractivity contribution in [2.75, 3.05) is 13.6 Å². The Morgan fingerprint density at radius 2 is 2.00 bits per heavy atom. The highest BCUT2D eigenvalue weighted by molar-refractivity contribution is 7.87. The van der Waals surface area contributed by atoms with Crippen molar-refractivity contribution in [3.05, 3.63) is 34.9 Å². The van der Waals surface area contributed by atoms with Gasteiger partial charge in [-0.25, -0.2) is 0 Å². The molecule has 1 saturated carbocycles. The van der Waals surface area contributed by atoms with Gasteiger partial charge >= 0.3 is 0 Å². The lowest BCUT2D eigenvalue weighted by molar-refractivity contribution is 0.442. The summed E-state index contributed by atoms with van der Waals surface area (Å²) in [6.45, 7) is 2.76. The first-order chi connectivity index (χ1) is 9.54. The Morgan fingerprint density at radius 3 is 2.71 bits per heavy atom. The second-order valence-electron chi connectivity index (χ2n) is 5.76. The number of hydrogen-bond acceptors (Lipinski definition) is 3. The van der Waals surface area contributed by atoms with Gasteiger partial charge in [0.25, 0.3) is 10.2 Å². The maximum absolute atomic E-state index is 12.1. The Kier molecular flexibility index (Phi) is 5.27. The van der Waals surface area contributed by atoms with Gasteiger partial charge in [-0.15, -0.1) is 12.4 Å². The molecule has 3 rings (SSSR count). The molecule has 1 aromatic rings. The van der Waals surface area contributed by atoms with E-state index in [1.807, 2.05) is 6.07 Å². The smallest absolute Gasteiger partial charge is 0.279 e. The molecule has 0 unspecified atom stereocenters. The topological polar surface area (TPSA) is 61.4 Å². The van der Waals surface area contributed by atoms with E-state index in [9.17, 15) is 8.42 Å². The predicted octanol–water partition coefficient (Wildman–Crippen LogP) is 1.39. The van der Waals surface area contributed by atoms with Crippen molar-refractivity contribution < 1.29 is 8.42 Å². The molecule has 1 aromatic carbocycles. The van der Waals surface area contributed by atoms with Crippen molar-refractivity contribution in [3.63, 3.8) is 0 Å². The lowest BCUT2D eigenvalue weighted by atomic mass is 10.1. The summed E-state index contributed by atoms with van der Waals surface area (Å²) in [6.07, 6.45) is 2.30. The van der Waals surface area contributed by atoms with Crippen LogP contribution in [0.4, 0.5) is 0 Å². The summed E-state index contributed by atoms with van der Waals surface area (Å²) in [6, 6.07) is 6.15. The fraction of sp³-hybridized carbons (Fsp3) is 0.571. The number of nitrogens with zero attached hydrogens (tertiary/aromatic N) is 1. The zero-order valence-electron chi connectivity index (χ0n) is 12.1. The first kappa shape index (κ1) is 16.7. The molecule has 0 amide bonds. The Bertz CT molecular complexity index is 602. The lowest BCUT2D eigenvalue weighted by Crippen LogP contribution is -2.38. The standard InChI is InChI=1S/C14H21N3O2S.ClH/c1-17(10-11-2-3-11)20(18,19)16-7-12-4-5-13-8-15-9-14(13)6-12;/h4-6,11,15-16H,2-3,7-10H2,1H3;1H. The summed E-state index contributed by atoms with van der Waals surface area (Å²) < 4.78 is 28.3. The molecule has 7 heteroatoms. The van der Waals surface area contributed by atoms with E-state index in [2.05, 4.69) is 22.2 Å². The van der Waals surface area contributed by atoms with E-state index in [0.717, 1.165) is 31.5 Å². The third-order valence-corrected chi connectivity index (χ3v) is 5.46. The molecule has 118 valence electrons. The summed E-state index contributed by atoms with van der Waals surface area (Å²) in [4.78, 5) is 0. The fourth-order valence-electron chi connectivity index (χ4n) is 2.50. The van der Waals surface area contributed by atoms with Gasteiger partial charge < -0.3 is 5.32 Å². The van der Waals surface area contributed by atoms with Crippen LogP contribution in [0.2, 0.25) is 0 Å². The molecule has 1 aliphatic carbocycles. The second-order valence-corrected chi connectivity index (χ2v) is 7.62. The van der Waals surface area contributed by atoms with Crippen LogP contribution in [0.25, 0.3) is 0 Å². The average Bonchev–Trinajstić information content (AvgIpc) is 3.11. The highest BCUT2D eigenvalue weighted by Gasteiger charge is 2.27. The summed E-state index contributed by atoms with van der Waals surface area (Å²) >= 11 is 0. The highest BCUT2D eigenvalue weighted by Crippen LogP contribution is 2.29. The van der Waals surface area contributed by atoms with Crippen LogP contribution >= 0.6 is 12.4 Å². The van der Waals surface area contributed by atoms with Crippen LogP contribution in [-0.4, -0.2) is 26.3 Å². The van der Waals surface area contributed by atoms with Gasteiger partial charge in [-0.1, -0.05) is 18.2 Å². The van der Waals surface area contributed by atoms with Crippen LogP contribution < -0.4 is 10.0 Å². The molecule has 0 spiro atoms. The third kappa shape index (κ3) is 4.17. The van der Waals surface area contributed by atoms with Crippen LogP contribution in [0.15, 0.2) is 18.2 Å². The summed E-state index contributed by atoms with van der Waals surface area (Å²) in [5.74, 6) is 0.558. The largest absolute Gasteiger partial charge is 0.309 e. The van der Waals surface area contributed by atoms with Crippen LogP contribution in [0.3, 0.4) is 0 Å².